The number of aromatic nitrogens is 3. The molecule has 0 unspecified atom stereocenters. The molecular formula is C13H18N4O2. The summed E-state index contributed by atoms with van der Waals surface area (Å²) < 4.78 is 5.48. The zero-order valence-electron chi connectivity index (χ0n) is 11.4. The molecule has 102 valence electrons. The number of aromatic amines is 1. The van der Waals surface area contributed by atoms with Gasteiger partial charge in [-0.3, -0.25) is 4.79 Å². The van der Waals surface area contributed by atoms with Gasteiger partial charge in [-0.15, -0.1) is 0 Å². The van der Waals surface area contributed by atoms with E-state index in [0.29, 0.717) is 24.1 Å². The maximum Gasteiger partial charge on any atom is 0.252 e. The van der Waals surface area contributed by atoms with E-state index in [0.717, 1.165) is 12.2 Å². The minimum atomic E-state index is -0.164. The summed E-state index contributed by atoms with van der Waals surface area (Å²) >= 11 is 0. The van der Waals surface area contributed by atoms with E-state index in [4.69, 9.17) is 4.42 Å². The Morgan fingerprint density at radius 1 is 1.47 bits per heavy atom. The van der Waals surface area contributed by atoms with Gasteiger partial charge in [-0.25, -0.2) is 9.97 Å². The lowest BCUT2D eigenvalue weighted by molar-refractivity contribution is 0.465. The summed E-state index contributed by atoms with van der Waals surface area (Å²) in [5.41, 5.74) is -0.164. The van der Waals surface area contributed by atoms with E-state index < -0.39 is 0 Å². The van der Waals surface area contributed by atoms with Crippen LogP contribution in [0.1, 0.15) is 44.2 Å². The van der Waals surface area contributed by atoms with Crippen molar-refractivity contribution in [3.8, 4) is 0 Å². The van der Waals surface area contributed by atoms with E-state index in [1.807, 2.05) is 20.8 Å². The highest BCUT2D eigenvalue weighted by molar-refractivity contribution is 5.33. The topological polar surface area (TPSA) is 83.8 Å². The second-order valence-corrected chi connectivity index (χ2v) is 4.60. The summed E-state index contributed by atoms with van der Waals surface area (Å²) in [6.07, 6.45) is 2.52. The zero-order chi connectivity index (χ0) is 13.8. The molecule has 6 heteroatoms. The molecule has 0 aliphatic rings. The van der Waals surface area contributed by atoms with Crippen LogP contribution >= 0.6 is 0 Å². The molecule has 2 aromatic rings. The minimum absolute atomic E-state index is 0.164. The fraction of sp³-hybridized carbons (Fsp3) is 0.462. The van der Waals surface area contributed by atoms with Crippen LogP contribution in [0, 0.1) is 0 Å². The quantitative estimate of drug-likeness (QED) is 0.861. The Bertz CT molecular complexity index is 601. The number of nitrogens with zero attached hydrogens (tertiary/aromatic N) is 2. The molecule has 0 aliphatic carbocycles. The first-order valence-electron chi connectivity index (χ1n) is 6.37. The summed E-state index contributed by atoms with van der Waals surface area (Å²) in [6.45, 7) is 6.37. The summed E-state index contributed by atoms with van der Waals surface area (Å²) in [5.74, 6) is 2.80. The Morgan fingerprint density at radius 2 is 2.26 bits per heavy atom. The SMILES string of the molecule is CCc1cnc(CNc2cc(=O)[nH]c(C(C)C)n2)o1. The fourth-order valence-electron chi connectivity index (χ4n) is 1.60. The lowest BCUT2D eigenvalue weighted by Crippen LogP contribution is -2.14. The van der Waals surface area contributed by atoms with Gasteiger partial charge in [-0.05, 0) is 0 Å². The molecule has 0 radical (unpaired) electrons. The number of hydrogen-bond donors (Lipinski definition) is 2. The van der Waals surface area contributed by atoms with Crippen LogP contribution in [-0.2, 0) is 13.0 Å². The predicted molar refractivity (Wildman–Crippen MR) is 72.2 cm³/mol. The molecule has 0 amide bonds. The molecule has 6 nitrogen and oxygen atoms in total. The van der Waals surface area contributed by atoms with Gasteiger partial charge in [0.2, 0.25) is 5.89 Å². The van der Waals surface area contributed by atoms with Gasteiger partial charge in [0, 0.05) is 18.4 Å². The lowest BCUT2D eigenvalue weighted by atomic mass is 10.2. The predicted octanol–water partition coefficient (Wildman–Crippen LogP) is 2.06. The number of nitrogens with one attached hydrogen (secondary N) is 2. The number of anilines is 1. The van der Waals surface area contributed by atoms with E-state index in [1.54, 1.807) is 6.20 Å². The van der Waals surface area contributed by atoms with Crippen LogP contribution in [-0.4, -0.2) is 15.0 Å². The molecule has 0 spiro atoms. The number of hydrogen-bond acceptors (Lipinski definition) is 5. The summed E-state index contributed by atoms with van der Waals surface area (Å²) in [7, 11) is 0. The lowest BCUT2D eigenvalue weighted by Gasteiger charge is -2.07. The van der Waals surface area contributed by atoms with Crippen LogP contribution in [0.25, 0.3) is 0 Å². The van der Waals surface area contributed by atoms with Crippen molar-refractivity contribution in [2.45, 2.75) is 39.7 Å². The molecule has 2 N–H and O–H groups in total. The normalized spacial score (nSPS) is 10.9. The van der Waals surface area contributed by atoms with Crippen molar-refractivity contribution in [3.05, 3.63) is 40.1 Å². The number of oxazole rings is 1. The summed E-state index contributed by atoms with van der Waals surface area (Å²) in [6, 6.07) is 1.43. The van der Waals surface area contributed by atoms with Crippen molar-refractivity contribution in [1.82, 2.24) is 15.0 Å². The van der Waals surface area contributed by atoms with E-state index in [2.05, 4.69) is 20.3 Å². The number of rotatable bonds is 5. The maximum absolute atomic E-state index is 11.5. The van der Waals surface area contributed by atoms with E-state index in [9.17, 15) is 4.79 Å². The third kappa shape index (κ3) is 3.43. The van der Waals surface area contributed by atoms with Crippen LogP contribution < -0.4 is 10.9 Å². The number of H-pyrrole nitrogens is 1. The van der Waals surface area contributed by atoms with E-state index in [-0.39, 0.29) is 11.5 Å². The fourth-order valence-corrected chi connectivity index (χ4v) is 1.60. The molecular weight excluding hydrogens is 244 g/mol. The second-order valence-electron chi connectivity index (χ2n) is 4.60. The Morgan fingerprint density at radius 3 is 2.89 bits per heavy atom. The first-order valence-corrected chi connectivity index (χ1v) is 6.37. The van der Waals surface area contributed by atoms with E-state index in [1.165, 1.54) is 6.07 Å². The molecule has 2 heterocycles. The largest absolute Gasteiger partial charge is 0.444 e. The zero-order valence-corrected chi connectivity index (χ0v) is 11.4. The highest BCUT2D eigenvalue weighted by atomic mass is 16.4. The molecule has 0 saturated heterocycles. The highest BCUT2D eigenvalue weighted by Crippen LogP contribution is 2.10. The Labute approximate surface area is 111 Å². The van der Waals surface area contributed by atoms with Gasteiger partial charge in [-0.2, -0.15) is 0 Å². The van der Waals surface area contributed by atoms with Crippen molar-refractivity contribution in [2.24, 2.45) is 0 Å². The van der Waals surface area contributed by atoms with Crippen LogP contribution in [0.3, 0.4) is 0 Å². The molecule has 0 aliphatic heterocycles. The summed E-state index contributed by atoms with van der Waals surface area (Å²) in [5, 5.41) is 3.05. The van der Waals surface area contributed by atoms with Crippen molar-refractivity contribution in [3.63, 3.8) is 0 Å². The molecule has 19 heavy (non-hydrogen) atoms. The first kappa shape index (κ1) is 13.3. The average Bonchev–Trinajstić information content (AvgIpc) is 2.83. The monoisotopic (exact) mass is 262 g/mol. The summed E-state index contributed by atoms with van der Waals surface area (Å²) in [4.78, 5) is 22.7. The van der Waals surface area contributed by atoms with Gasteiger partial charge >= 0.3 is 0 Å². The molecule has 0 saturated carbocycles. The van der Waals surface area contributed by atoms with Gasteiger partial charge in [-0.1, -0.05) is 20.8 Å². The smallest absolute Gasteiger partial charge is 0.252 e. The third-order valence-corrected chi connectivity index (χ3v) is 2.68. The van der Waals surface area contributed by atoms with Crippen molar-refractivity contribution < 1.29 is 4.42 Å². The van der Waals surface area contributed by atoms with Gasteiger partial charge in [0.25, 0.3) is 5.56 Å². The molecule has 2 aromatic heterocycles. The van der Waals surface area contributed by atoms with Gasteiger partial charge < -0.3 is 14.7 Å². The van der Waals surface area contributed by atoms with Crippen molar-refractivity contribution in [2.75, 3.05) is 5.32 Å². The molecule has 0 atom stereocenters. The van der Waals surface area contributed by atoms with Gasteiger partial charge in [0.15, 0.2) is 0 Å². The second kappa shape index (κ2) is 5.69. The Balaban J connectivity index is 2.08. The number of aryl methyl sites for hydroxylation is 1. The molecule has 0 fully saturated rings. The minimum Gasteiger partial charge on any atom is -0.444 e. The van der Waals surface area contributed by atoms with E-state index >= 15 is 0 Å². The van der Waals surface area contributed by atoms with Crippen LogP contribution in [0.5, 0.6) is 0 Å². The van der Waals surface area contributed by atoms with Crippen LogP contribution in [0.4, 0.5) is 5.82 Å². The van der Waals surface area contributed by atoms with Crippen LogP contribution in [0.15, 0.2) is 21.5 Å². The van der Waals surface area contributed by atoms with Gasteiger partial charge in [0.1, 0.15) is 17.4 Å². The highest BCUT2D eigenvalue weighted by Gasteiger charge is 2.06. The third-order valence-electron chi connectivity index (χ3n) is 2.68. The Kier molecular flexibility index (Phi) is 3.99. The Hall–Kier alpha value is -2.11. The molecule has 2 rings (SSSR count). The molecule has 0 bridgehead atoms. The van der Waals surface area contributed by atoms with Crippen LogP contribution in [0.2, 0.25) is 0 Å². The molecule has 0 aromatic carbocycles. The van der Waals surface area contributed by atoms with Gasteiger partial charge in [0.05, 0.1) is 12.7 Å². The standard InChI is InChI=1S/C13H18N4O2/c1-4-9-6-15-12(19-9)7-14-10-5-11(18)17-13(16-10)8(2)3/h5-6,8H,4,7H2,1-3H3,(H2,14,16,17,18). The maximum atomic E-state index is 11.5. The van der Waals surface area contributed by atoms with Crippen molar-refractivity contribution in [1.29, 1.82) is 0 Å². The van der Waals surface area contributed by atoms with Crippen molar-refractivity contribution >= 4 is 5.82 Å². The average molecular weight is 262 g/mol. The first-order chi connectivity index (χ1) is 9.08.